The van der Waals surface area contributed by atoms with Crippen molar-refractivity contribution in [3.8, 4) is 0 Å². The molecule has 0 spiro atoms. The van der Waals surface area contributed by atoms with Crippen molar-refractivity contribution >= 4 is 33.9 Å². The summed E-state index contributed by atoms with van der Waals surface area (Å²) in [4.78, 5) is 25.4. The van der Waals surface area contributed by atoms with E-state index in [1.54, 1.807) is 0 Å². The molecule has 0 heterocycles. The third-order valence-electron chi connectivity index (χ3n) is 5.21. The molecule has 0 saturated carbocycles. The summed E-state index contributed by atoms with van der Waals surface area (Å²) in [6.07, 6.45) is 7.14. The van der Waals surface area contributed by atoms with Gasteiger partial charge in [0.15, 0.2) is 11.6 Å². The van der Waals surface area contributed by atoms with Crippen LogP contribution in [0.5, 0.6) is 0 Å². The van der Waals surface area contributed by atoms with Crippen molar-refractivity contribution in [1.82, 2.24) is 10.6 Å². The van der Waals surface area contributed by atoms with E-state index in [4.69, 9.17) is 0 Å². The summed E-state index contributed by atoms with van der Waals surface area (Å²) in [5.74, 6) is 0.334. The number of carbonyl (C=O) groups excluding carboxylic acids is 2. The lowest BCUT2D eigenvalue weighted by Crippen LogP contribution is -2.45. The van der Waals surface area contributed by atoms with Crippen molar-refractivity contribution in [2.45, 2.75) is 84.2 Å². The van der Waals surface area contributed by atoms with E-state index in [9.17, 15) is 9.59 Å². The van der Waals surface area contributed by atoms with Crippen molar-refractivity contribution in [1.29, 1.82) is 0 Å². The quantitative estimate of drug-likeness (QED) is 0.434. The predicted octanol–water partition coefficient (Wildman–Crippen LogP) is 3.85. The van der Waals surface area contributed by atoms with Gasteiger partial charge in [-0.2, -0.15) is 0 Å². The molecule has 0 aliphatic carbocycles. The predicted molar refractivity (Wildman–Crippen MR) is 128 cm³/mol. The van der Waals surface area contributed by atoms with Crippen LogP contribution in [0.1, 0.15) is 70.4 Å². The number of hydrogen-bond acceptors (Lipinski definition) is 6. The van der Waals surface area contributed by atoms with Crippen LogP contribution in [0.4, 0.5) is 0 Å². The van der Waals surface area contributed by atoms with Crippen LogP contribution in [-0.2, 0) is 44.8 Å². The lowest BCUT2D eigenvalue weighted by molar-refractivity contribution is -0.122. The SMILES string of the molecule is CCCC[C@H](NC)C(=O)CN[C@@H](CCCC)C(=O)Cc1ccccc1CC.S=S. The fraction of sp³-hybridized carbons (Fsp3) is 0.652. The largest absolute Gasteiger partial charge is 0.311 e. The summed E-state index contributed by atoms with van der Waals surface area (Å²) in [6, 6.07) is 7.77. The smallest absolute Gasteiger partial charge is 0.163 e. The zero-order chi connectivity index (χ0) is 22.1. The number of hydrogen-bond donors (Lipinski definition) is 2. The van der Waals surface area contributed by atoms with Gasteiger partial charge in [0.05, 0.1) is 18.6 Å². The van der Waals surface area contributed by atoms with Gasteiger partial charge in [-0.15, -0.1) is 0 Å². The van der Waals surface area contributed by atoms with E-state index in [2.05, 4.69) is 59.8 Å². The lowest BCUT2D eigenvalue weighted by Gasteiger charge is -2.20. The summed E-state index contributed by atoms with van der Waals surface area (Å²) in [7, 11) is 1.83. The maximum Gasteiger partial charge on any atom is 0.163 e. The van der Waals surface area contributed by atoms with Crippen molar-refractivity contribution in [2.24, 2.45) is 0 Å². The molecule has 0 aliphatic rings. The Hall–Kier alpha value is -1.08. The van der Waals surface area contributed by atoms with Crippen molar-refractivity contribution in [3.63, 3.8) is 0 Å². The molecular formula is C23H38N2O2S2. The number of unbranched alkanes of at least 4 members (excludes halogenated alkanes) is 2. The summed E-state index contributed by atoms with van der Waals surface area (Å²) in [5, 5.41) is 6.38. The molecule has 0 fully saturated rings. The molecule has 0 saturated heterocycles. The van der Waals surface area contributed by atoms with E-state index in [-0.39, 0.29) is 30.2 Å². The number of benzene rings is 1. The first kappa shape index (κ1) is 27.9. The second-order valence-corrected chi connectivity index (χ2v) is 7.29. The molecule has 1 aromatic carbocycles. The highest BCUT2D eigenvalue weighted by Crippen LogP contribution is 2.13. The third-order valence-corrected chi connectivity index (χ3v) is 5.21. The van der Waals surface area contributed by atoms with Crippen LogP contribution in [-0.4, -0.2) is 37.2 Å². The van der Waals surface area contributed by atoms with Crippen LogP contribution >= 0.6 is 0 Å². The summed E-state index contributed by atoms with van der Waals surface area (Å²) < 4.78 is 0. The first-order chi connectivity index (χ1) is 14.1. The van der Waals surface area contributed by atoms with Crippen LogP contribution in [0.3, 0.4) is 0 Å². The second-order valence-electron chi connectivity index (χ2n) is 7.29. The van der Waals surface area contributed by atoms with E-state index in [0.29, 0.717) is 6.42 Å². The van der Waals surface area contributed by atoms with E-state index in [1.165, 1.54) is 5.56 Å². The number of likely N-dealkylation sites (N-methyl/N-ethyl adjacent to an activating group) is 1. The Morgan fingerprint density at radius 2 is 1.45 bits per heavy atom. The Morgan fingerprint density at radius 1 is 0.897 bits per heavy atom. The van der Waals surface area contributed by atoms with Crippen molar-refractivity contribution < 1.29 is 9.59 Å². The van der Waals surface area contributed by atoms with Crippen LogP contribution in [0.2, 0.25) is 0 Å². The molecule has 0 aliphatic heterocycles. The summed E-state index contributed by atoms with van der Waals surface area (Å²) in [6.45, 7) is 6.62. The lowest BCUT2D eigenvalue weighted by atomic mass is 9.95. The Balaban J connectivity index is 0.00000379. The Kier molecular flexibility index (Phi) is 17.1. The number of nitrogens with one attached hydrogen (secondary N) is 2. The van der Waals surface area contributed by atoms with Crippen LogP contribution < -0.4 is 10.6 Å². The van der Waals surface area contributed by atoms with Crippen LogP contribution in [0.15, 0.2) is 24.3 Å². The highest BCUT2D eigenvalue weighted by molar-refractivity contribution is 8.07. The molecule has 2 atom stereocenters. The van der Waals surface area contributed by atoms with Gasteiger partial charge < -0.3 is 10.6 Å². The summed E-state index contributed by atoms with van der Waals surface area (Å²) >= 11 is 7.33. The fourth-order valence-corrected chi connectivity index (χ4v) is 3.39. The van der Waals surface area contributed by atoms with Gasteiger partial charge in [-0.3, -0.25) is 9.59 Å². The first-order valence-corrected chi connectivity index (χ1v) is 12.1. The highest BCUT2D eigenvalue weighted by Gasteiger charge is 2.22. The van der Waals surface area contributed by atoms with E-state index >= 15 is 0 Å². The minimum absolute atomic E-state index is 0.125. The van der Waals surface area contributed by atoms with Gasteiger partial charge in [0.25, 0.3) is 0 Å². The molecule has 4 nitrogen and oxygen atoms in total. The normalized spacial score (nSPS) is 12.6. The molecule has 0 aromatic heterocycles. The molecule has 0 bridgehead atoms. The van der Waals surface area contributed by atoms with Crippen molar-refractivity contribution in [2.75, 3.05) is 13.6 Å². The standard InChI is InChI=1S/C23H38N2O2.S2/c1-5-8-14-20(24-4)23(27)17-25-21(15-9-6-2)22(26)16-19-13-11-10-12-18(19)7-3;1-2/h10-13,20-21,24-25H,5-9,14-17H2,1-4H3;/t20-,21-;/m0./s1. The van der Waals surface area contributed by atoms with Crippen LogP contribution in [0.25, 0.3) is 0 Å². The molecule has 29 heavy (non-hydrogen) atoms. The van der Waals surface area contributed by atoms with Crippen LogP contribution in [0, 0.1) is 0 Å². The number of rotatable bonds is 15. The first-order valence-electron chi connectivity index (χ1n) is 10.8. The molecule has 0 radical (unpaired) electrons. The van der Waals surface area contributed by atoms with Gasteiger partial charge in [-0.05, 0) is 37.4 Å². The minimum Gasteiger partial charge on any atom is -0.311 e. The molecular weight excluding hydrogens is 400 g/mol. The van der Waals surface area contributed by atoms with Crippen molar-refractivity contribution in [3.05, 3.63) is 35.4 Å². The number of Topliss-reactive ketones (excluding diaryl/α,β-unsaturated/α-hetero) is 2. The molecule has 0 amide bonds. The fourth-order valence-electron chi connectivity index (χ4n) is 3.39. The minimum atomic E-state index is -0.248. The number of aryl methyl sites for hydroxylation is 1. The maximum atomic E-state index is 12.9. The molecule has 0 unspecified atom stereocenters. The van der Waals surface area contributed by atoms with Gasteiger partial charge in [0.1, 0.15) is 0 Å². The van der Waals surface area contributed by atoms with E-state index in [1.807, 2.05) is 25.2 Å². The topological polar surface area (TPSA) is 58.2 Å². The van der Waals surface area contributed by atoms with Gasteiger partial charge in [0.2, 0.25) is 0 Å². The number of carbonyl (C=O) groups is 2. The third kappa shape index (κ3) is 11.0. The Labute approximate surface area is 187 Å². The zero-order valence-electron chi connectivity index (χ0n) is 18.5. The highest BCUT2D eigenvalue weighted by atomic mass is 32.8. The maximum absolute atomic E-state index is 12.9. The summed E-state index contributed by atoms with van der Waals surface area (Å²) in [5.41, 5.74) is 2.33. The molecule has 1 aromatic rings. The monoisotopic (exact) mass is 438 g/mol. The van der Waals surface area contributed by atoms with Gasteiger partial charge >= 0.3 is 0 Å². The average molecular weight is 439 g/mol. The molecule has 1 rings (SSSR count). The Bertz CT molecular complexity index is 596. The Morgan fingerprint density at radius 3 is 1.97 bits per heavy atom. The van der Waals surface area contributed by atoms with Gasteiger partial charge in [-0.25, -0.2) is 0 Å². The number of ketones is 2. The van der Waals surface area contributed by atoms with Gasteiger partial charge in [0, 0.05) is 28.8 Å². The second kappa shape index (κ2) is 17.8. The molecule has 2 N–H and O–H groups in total. The molecule has 164 valence electrons. The zero-order valence-corrected chi connectivity index (χ0v) is 20.1. The van der Waals surface area contributed by atoms with E-state index in [0.717, 1.165) is 50.5 Å². The molecule has 6 heteroatoms. The van der Waals surface area contributed by atoms with Gasteiger partial charge in [-0.1, -0.05) is 70.7 Å². The average Bonchev–Trinajstić information content (AvgIpc) is 2.76. The van der Waals surface area contributed by atoms with E-state index < -0.39 is 0 Å².